The first kappa shape index (κ1) is 22.0. The van der Waals surface area contributed by atoms with Crippen LogP contribution in [0.1, 0.15) is 5.56 Å². The number of carbonyl (C=O) groups excluding carboxylic acids is 1. The Balaban J connectivity index is 1.36. The Labute approximate surface area is 202 Å². The second-order valence-electron chi connectivity index (χ2n) is 8.33. The van der Waals surface area contributed by atoms with E-state index in [-0.39, 0.29) is 6.03 Å². The number of fused-ring (bicyclic) bond motifs is 1. The SMILES string of the molecule is COc1ccc(NC(=O)N2CCN(c3c(-c4ccccc4)ncc4sc(N)cc34)CC2)c(C)c1. The summed E-state index contributed by atoms with van der Waals surface area (Å²) in [5.74, 6) is 0.773. The van der Waals surface area contributed by atoms with Gasteiger partial charge in [0.2, 0.25) is 0 Å². The molecule has 3 N–H and O–H groups in total. The zero-order chi connectivity index (χ0) is 23.7. The molecule has 0 saturated carbocycles. The van der Waals surface area contributed by atoms with E-state index in [4.69, 9.17) is 15.5 Å². The molecule has 1 fully saturated rings. The second kappa shape index (κ2) is 9.23. The Bertz CT molecular complexity index is 1330. The van der Waals surface area contributed by atoms with E-state index < -0.39 is 0 Å². The highest BCUT2D eigenvalue weighted by atomic mass is 32.1. The number of aromatic nitrogens is 1. The van der Waals surface area contributed by atoms with Crippen LogP contribution >= 0.6 is 11.3 Å². The van der Waals surface area contributed by atoms with Crippen molar-refractivity contribution < 1.29 is 9.53 Å². The highest BCUT2D eigenvalue weighted by Gasteiger charge is 2.26. The predicted molar refractivity (Wildman–Crippen MR) is 140 cm³/mol. The summed E-state index contributed by atoms with van der Waals surface area (Å²) in [6.07, 6.45) is 1.91. The number of pyridine rings is 1. The van der Waals surface area contributed by atoms with Crippen LogP contribution in [0.25, 0.3) is 21.3 Å². The number of thiophene rings is 1. The number of hydrogen-bond donors (Lipinski definition) is 2. The van der Waals surface area contributed by atoms with Crippen molar-refractivity contribution in [3.63, 3.8) is 0 Å². The summed E-state index contributed by atoms with van der Waals surface area (Å²) < 4.78 is 6.33. The number of carbonyl (C=O) groups is 1. The predicted octanol–water partition coefficient (Wildman–Crippen LogP) is 5.22. The van der Waals surface area contributed by atoms with Crippen molar-refractivity contribution in [1.82, 2.24) is 9.88 Å². The van der Waals surface area contributed by atoms with Crippen LogP contribution in [0.5, 0.6) is 5.75 Å². The molecule has 2 amide bonds. The fourth-order valence-electron chi connectivity index (χ4n) is 4.38. The maximum absolute atomic E-state index is 13.0. The van der Waals surface area contributed by atoms with Crippen molar-refractivity contribution in [1.29, 1.82) is 0 Å². The normalized spacial score (nSPS) is 13.8. The highest BCUT2D eigenvalue weighted by molar-refractivity contribution is 7.22. The number of nitrogen functional groups attached to an aromatic ring is 1. The number of nitrogens with zero attached hydrogens (tertiary/aromatic N) is 3. The lowest BCUT2D eigenvalue weighted by molar-refractivity contribution is 0.208. The van der Waals surface area contributed by atoms with Crippen molar-refractivity contribution in [2.24, 2.45) is 0 Å². The summed E-state index contributed by atoms with van der Waals surface area (Å²) in [6, 6.07) is 17.8. The number of nitrogens with one attached hydrogen (secondary N) is 1. The fraction of sp³-hybridized carbons (Fsp3) is 0.231. The third-order valence-electron chi connectivity index (χ3n) is 6.18. The molecule has 1 saturated heterocycles. The van der Waals surface area contributed by atoms with Gasteiger partial charge in [-0.05, 0) is 36.8 Å². The van der Waals surface area contributed by atoms with E-state index in [9.17, 15) is 4.79 Å². The molecule has 1 aliphatic heterocycles. The maximum atomic E-state index is 13.0. The zero-order valence-electron chi connectivity index (χ0n) is 19.2. The first-order valence-corrected chi connectivity index (χ1v) is 12.0. The molecule has 8 heteroatoms. The Morgan fingerprint density at radius 3 is 2.56 bits per heavy atom. The summed E-state index contributed by atoms with van der Waals surface area (Å²) in [4.78, 5) is 22.0. The number of benzene rings is 2. The van der Waals surface area contributed by atoms with Gasteiger partial charge < -0.3 is 25.6 Å². The molecule has 0 spiro atoms. The van der Waals surface area contributed by atoms with Gasteiger partial charge in [0.15, 0.2) is 0 Å². The number of hydrogen-bond acceptors (Lipinski definition) is 6. The average Bonchev–Trinajstić information content (AvgIpc) is 3.25. The lowest BCUT2D eigenvalue weighted by Gasteiger charge is -2.37. The lowest BCUT2D eigenvalue weighted by Crippen LogP contribution is -2.50. The van der Waals surface area contributed by atoms with Crippen LogP contribution in [0.4, 0.5) is 21.2 Å². The van der Waals surface area contributed by atoms with Gasteiger partial charge >= 0.3 is 6.03 Å². The quantitative estimate of drug-likeness (QED) is 0.425. The Morgan fingerprint density at radius 1 is 1.09 bits per heavy atom. The number of piperazine rings is 1. The molecule has 0 bridgehead atoms. The zero-order valence-corrected chi connectivity index (χ0v) is 20.1. The van der Waals surface area contributed by atoms with Crippen LogP contribution in [0, 0.1) is 6.92 Å². The molecular weight excluding hydrogens is 446 g/mol. The molecule has 2 aromatic heterocycles. The molecule has 3 heterocycles. The second-order valence-corrected chi connectivity index (χ2v) is 9.45. The Morgan fingerprint density at radius 2 is 1.85 bits per heavy atom. The fourth-order valence-corrected chi connectivity index (χ4v) is 5.18. The molecular formula is C26H27N5O2S. The standard InChI is InChI=1S/C26H27N5O2S/c1-17-14-19(33-2)8-9-21(17)29-26(32)31-12-10-30(11-13-31)25-20-15-23(27)34-22(20)16-28-24(25)18-6-4-3-5-7-18/h3-9,14-16H,10-13,27H2,1-2H3,(H,29,32). The lowest BCUT2D eigenvalue weighted by atomic mass is 10.1. The van der Waals surface area contributed by atoms with Gasteiger partial charge in [-0.2, -0.15) is 0 Å². The number of rotatable bonds is 4. The van der Waals surface area contributed by atoms with E-state index in [0.717, 1.165) is 49.0 Å². The minimum atomic E-state index is -0.0905. The number of urea groups is 1. The van der Waals surface area contributed by atoms with Gasteiger partial charge in [0.1, 0.15) is 5.75 Å². The number of aryl methyl sites for hydroxylation is 1. The van der Waals surface area contributed by atoms with Crippen LogP contribution < -0.4 is 20.7 Å². The van der Waals surface area contributed by atoms with Crippen LogP contribution in [-0.4, -0.2) is 49.2 Å². The van der Waals surface area contributed by atoms with E-state index in [2.05, 4.69) is 22.3 Å². The van der Waals surface area contributed by atoms with Crippen LogP contribution in [0.3, 0.4) is 0 Å². The molecule has 0 aliphatic carbocycles. The first-order chi connectivity index (χ1) is 16.5. The van der Waals surface area contributed by atoms with Gasteiger partial charge in [-0.3, -0.25) is 4.98 Å². The smallest absolute Gasteiger partial charge is 0.321 e. The van der Waals surface area contributed by atoms with E-state index in [1.807, 2.05) is 60.5 Å². The molecule has 7 nitrogen and oxygen atoms in total. The molecule has 34 heavy (non-hydrogen) atoms. The van der Waals surface area contributed by atoms with E-state index in [1.165, 1.54) is 0 Å². The minimum absolute atomic E-state index is 0.0905. The highest BCUT2D eigenvalue weighted by Crippen LogP contribution is 2.40. The minimum Gasteiger partial charge on any atom is -0.497 e. The van der Waals surface area contributed by atoms with Crippen LogP contribution in [0.2, 0.25) is 0 Å². The molecule has 0 unspecified atom stereocenters. The number of nitrogens with two attached hydrogens (primary N) is 1. The van der Waals surface area contributed by atoms with Gasteiger partial charge in [-0.1, -0.05) is 30.3 Å². The largest absolute Gasteiger partial charge is 0.497 e. The summed E-state index contributed by atoms with van der Waals surface area (Å²) >= 11 is 1.55. The Hall–Kier alpha value is -3.78. The number of ether oxygens (including phenoxy) is 1. The van der Waals surface area contributed by atoms with Gasteiger partial charge in [-0.15, -0.1) is 11.3 Å². The van der Waals surface area contributed by atoms with Gasteiger partial charge in [0.05, 0.1) is 28.2 Å². The average molecular weight is 474 g/mol. The monoisotopic (exact) mass is 473 g/mol. The van der Waals surface area contributed by atoms with Crippen molar-refractivity contribution in [3.05, 3.63) is 66.4 Å². The van der Waals surface area contributed by atoms with Gasteiger partial charge in [-0.25, -0.2) is 4.79 Å². The summed E-state index contributed by atoms with van der Waals surface area (Å²) in [5, 5.41) is 4.93. The van der Waals surface area contributed by atoms with Crippen molar-refractivity contribution in [2.45, 2.75) is 6.92 Å². The maximum Gasteiger partial charge on any atom is 0.321 e. The summed E-state index contributed by atoms with van der Waals surface area (Å²) in [7, 11) is 1.64. The molecule has 4 aromatic rings. The molecule has 174 valence electrons. The molecule has 1 aliphatic rings. The van der Waals surface area contributed by atoms with E-state index in [0.29, 0.717) is 26.2 Å². The van der Waals surface area contributed by atoms with Gasteiger partial charge in [0, 0.05) is 49.0 Å². The third kappa shape index (κ3) is 4.24. The van der Waals surface area contributed by atoms with Gasteiger partial charge in [0.25, 0.3) is 0 Å². The van der Waals surface area contributed by atoms with Crippen molar-refractivity contribution in [3.8, 4) is 17.0 Å². The summed E-state index contributed by atoms with van der Waals surface area (Å²) in [5.41, 5.74) is 11.0. The number of methoxy groups -OCH3 is 1. The Kier molecular flexibility index (Phi) is 5.98. The first-order valence-electron chi connectivity index (χ1n) is 11.2. The molecule has 0 radical (unpaired) electrons. The van der Waals surface area contributed by atoms with Crippen LogP contribution in [0.15, 0.2) is 60.8 Å². The van der Waals surface area contributed by atoms with Crippen molar-refractivity contribution in [2.75, 3.05) is 49.2 Å². The molecule has 2 aromatic carbocycles. The molecule has 5 rings (SSSR count). The van der Waals surface area contributed by atoms with Crippen molar-refractivity contribution >= 4 is 43.8 Å². The van der Waals surface area contributed by atoms with E-state index >= 15 is 0 Å². The number of amides is 2. The molecule has 0 atom stereocenters. The third-order valence-corrected chi connectivity index (χ3v) is 7.07. The summed E-state index contributed by atoms with van der Waals surface area (Å²) in [6.45, 7) is 4.62. The van der Waals surface area contributed by atoms with Crippen LogP contribution in [-0.2, 0) is 0 Å². The topological polar surface area (TPSA) is 83.7 Å². The van der Waals surface area contributed by atoms with E-state index in [1.54, 1.807) is 18.4 Å². The number of anilines is 3.